The van der Waals surface area contributed by atoms with E-state index in [1.165, 1.54) is 0 Å². The maximum absolute atomic E-state index is 13.0. The van der Waals surface area contributed by atoms with Crippen molar-refractivity contribution in [2.24, 2.45) is 4.99 Å². The minimum absolute atomic E-state index is 0.0783. The predicted molar refractivity (Wildman–Crippen MR) is 108 cm³/mol. The number of rotatable bonds is 5. The van der Waals surface area contributed by atoms with E-state index in [9.17, 15) is 4.79 Å². The highest BCUT2D eigenvalue weighted by Crippen LogP contribution is 2.34. The third-order valence-electron chi connectivity index (χ3n) is 4.17. The lowest BCUT2D eigenvalue weighted by atomic mass is 10.2. The van der Waals surface area contributed by atoms with Gasteiger partial charge >= 0.3 is 0 Å². The average molecular weight is 386 g/mol. The fraction of sp³-hybridized carbons (Fsp3) is 0.300. The zero-order valence-corrected chi connectivity index (χ0v) is 16.4. The molecule has 0 spiro atoms. The molecule has 0 bridgehead atoms. The van der Waals surface area contributed by atoms with E-state index in [1.54, 1.807) is 74.4 Å². The Hall–Kier alpha value is -2.67. The van der Waals surface area contributed by atoms with Gasteiger partial charge in [-0.05, 0) is 42.8 Å². The molecule has 1 aliphatic heterocycles. The molecule has 1 amide bonds. The lowest BCUT2D eigenvalue weighted by Gasteiger charge is -2.28. The van der Waals surface area contributed by atoms with Crippen LogP contribution in [0.25, 0.3) is 0 Å². The molecule has 0 N–H and O–H groups in total. The molecule has 0 atom stereocenters. The molecule has 2 aromatic rings. The number of amidine groups is 1. The number of carbonyl (C=O) groups is 1. The molecule has 0 radical (unpaired) electrons. The van der Waals surface area contributed by atoms with Crippen LogP contribution in [0, 0.1) is 0 Å². The molecular weight excluding hydrogens is 364 g/mol. The number of nitrogens with zero attached hydrogens (tertiary/aromatic N) is 2. The summed E-state index contributed by atoms with van der Waals surface area (Å²) < 4.78 is 15.9. The van der Waals surface area contributed by atoms with E-state index >= 15 is 0 Å². The van der Waals surface area contributed by atoms with Crippen LogP contribution in [0.1, 0.15) is 16.8 Å². The second kappa shape index (κ2) is 8.81. The van der Waals surface area contributed by atoms with E-state index in [2.05, 4.69) is 0 Å². The van der Waals surface area contributed by atoms with Crippen molar-refractivity contribution in [3.63, 3.8) is 0 Å². The van der Waals surface area contributed by atoms with Crippen molar-refractivity contribution in [2.45, 2.75) is 6.42 Å². The highest BCUT2D eigenvalue weighted by atomic mass is 32.2. The number of benzene rings is 2. The summed E-state index contributed by atoms with van der Waals surface area (Å²) in [6, 6.07) is 12.5. The minimum Gasteiger partial charge on any atom is -0.497 e. The van der Waals surface area contributed by atoms with E-state index in [0.717, 1.165) is 17.9 Å². The van der Waals surface area contributed by atoms with Gasteiger partial charge in [0.1, 0.15) is 22.9 Å². The summed E-state index contributed by atoms with van der Waals surface area (Å²) >= 11 is 1.56. The second-order valence-electron chi connectivity index (χ2n) is 5.82. The van der Waals surface area contributed by atoms with Crippen molar-refractivity contribution < 1.29 is 19.0 Å². The summed E-state index contributed by atoms with van der Waals surface area (Å²) in [7, 11) is 4.80. The molecule has 0 unspecified atom stereocenters. The number of methoxy groups -OCH3 is 3. The molecule has 7 heteroatoms. The highest BCUT2D eigenvalue weighted by Gasteiger charge is 2.25. The molecule has 1 aliphatic rings. The van der Waals surface area contributed by atoms with Gasteiger partial charge in [-0.15, -0.1) is 0 Å². The normalized spacial score (nSPS) is 15.5. The third-order valence-corrected chi connectivity index (χ3v) is 5.24. The molecule has 1 saturated heterocycles. The van der Waals surface area contributed by atoms with Gasteiger partial charge in [0.2, 0.25) is 0 Å². The van der Waals surface area contributed by atoms with Crippen molar-refractivity contribution in [3.05, 3.63) is 48.0 Å². The number of hydrogen-bond acceptors (Lipinski definition) is 6. The Bertz CT molecular complexity index is 836. The quantitative estimate of drug-likeness (QED) is 0.778. The first-order chi connectivity index (χ1) is 13.2. The van der Waals surface area contributed by atoms with Crippen LogP contribution in [0.15, 0.2) is 47.5 Å². The van der Waals surface area contributed by atoms with Crippen molar-refractivity contribution in [1.82, 2.24) is 4.90 Å². The van der Waals surface area contributed by atoms with Gasteiger partial charge in [0.15, 0.2) is 5.17 Å². The summed E-state index contributed by atoms with van der Waals surface area (Å²) in [4.78, 5) is 19.4. The lowest BCUT2D eigenvalue weighted by molar-refractivity contribution is 0.0849. The first-order valence-corrected chi connectivity index (χ1v) is 9.54. The van der Waals surface area contributed by atoms with Crippen LogP contribution in [0.4, 0.5) is 5.69 Å². The summed E-state index contributed by atoms with van der Waals surface area (Å²) in [5, 5.41) is 0.661. The summed E-state index contributed by atoms with van der Waals surface area (Å²) in [5.41, 5.74) is 1.23. The molecule has 1 fully saturated rings. The molecule has 0 aliphatic carbocycles. The van der Waals surface area contributed by atoms with Crippen LogP contribution < -0.4 is 14.2 Å². The average Bonchev–Trinajstić information content (AvgIpc) is 2.73. The highest BCUT2D eigenvalue weighted by molar-refractivity contribution is 8.13. The molecule has 142 valence electrons. The van der Waals surface area contributed by atoms with Crippen LogP contribution in [-0.4, -0.2) is 49.6 Å². The van der Waals surface area contributed by atoms with E-state index in [0.29, 0.717) is 34.5 Å². The van der Waals surface area contributed by atoms with Crippen LogP contribution in [0.3, 0.4) is 0 Å². The van der Waals surface area contributed by atoms with Gasteiger partial charge in [-0.1, -0.05) is 11.8 Å². The van der Waals surface area contributed by atoms with Crippen molar-refractivity contribution >= 4 is 28.5 Å². The molecule has 3 rings (SSSR count). The van der Waals surface area contributed by atoms with Gasteiger partial charge in [0.05, 0.1) is 21.3 Å². The molecule has 0 saturated carbocycles. The van der Waals surface area contributed by atoms with Gasteiger partial charge in [0.25, 0.3) is 5.91 Å². The molecular formula is C20H22N2O4S. The Kier molecular flexibility index (Phi) is 6.24. The van der Waals surface area contributed by atoms with Gasteiger partial charge in [-0.25, -0.2) is 4.99 Å². The summed E-state index contributed by atoms with van der Waals surface area (Å²) in [6.45, 7) is 0.628. The fourth-order valence-electron chi connectivity index (χ4n) is 2.72. The number of amides is 1. The Morgan fingerprint density at radius 1 is 1.00 bits per heavy atom. The maximum Gasteiger partial charge on any atom is 0.259 e. The molecule has 1 heterocycles. The van der Waals surface area contributed by atoms with Crippen LogP contribution in [0.2, 0.25) is 0 Å². The summed E-state index contributed by atoms with van der Waals surface area (Å²) in [6.07, 6.45) is 0.917. The van der Waals surface area contributed by atoms with Crippen LogP contribution >= 0.6 is 11.8 Å². The number of hydrogen-bond donors (Lipinski definition) is 0. The zero-order chi connectivity index (χ0) is 19.2. The second-order valence-corrected chi connectivity index (χ2v) is 6.88. The van der Waals surface area contributed by atoms with Gasteiger partial charge in [-0.3, -0.25) is 9.69 Å². The lowest BCUT2D eigenvalue weighted by Crippen LogP contribution is -2.39. The molecule has 27 heavy (non-hydrogen) atoms. The minimum atomic E-state index is -0.0783. The Labute approximate surface area is 163 Å². The number of ether oxygens (including phenoxy) is 3. The molecule has 0 aromatic heterocycles. The standard InChI is InChI=1S/C20H22N2O4S/c1-24-15-7-5-14(6-8-15)19(23)22-11-4-12-27-20(22)21-17-13-16(25-2)9-10-18(17)26-3/h5-10,13H,4,11-12H2,1-3H3. The van der Waals surface area contributed by atoms with Gasteiger partial charge < -0.3 is 14.2 Å². The largest absolute Gasteiger partial charge is 0.497 e. The summed E-state index contributed by atoms with van der Waals surface area (Å²) in [5.74, 6) is 2.87. The van der Waals surface area contributed by atoms with Crippen molar-refractivity contribution in [3.8, 4) is 17.2 Å². The maximum atomic E-state index is 13.0. The Balaban J connectivity index is 1.93. The van der Waals surface area contributed by atoms with Gasteiger partial charge in [0, 0.05) is 23.9 Å². The van der Waals surface area contributed by atoms with Crippen LogP contribution in [-0.2, 0) is 0 Å². The van der Waals surface area contributed by atoms with Gasteiger partial charge in [-0.2, -0.15) is 0 Å². The smallest absolute Gasteiger partial charge is 0.259 e. The first kappa shape index (κ1) is 19.1. The third kappa shape index (κ3) is 4.36. The Morgan fingerprint density at radius 2 is 1.70 bits per heavy atom. The zero-order valence-electron chi connectivity index (χ0n) is 15.6. The topological polar surface area (TPSA) is 60.4 Å². The monoisotopic (exact) mass is 386 g/mol. The first-order valence-electron chi connectivity index (χ1n) is 8.55. The number of aliphatic imine (C=N–C) groups is 1. The SMILES string of the molecule is COc1ccc(C(=O)N2CCCSC2=Nc2cc(OC)ccc2OC)cc1. The van der Waals surface area contributed by atoms with E-state index in [4.69, 9.17) is 19.2 Å². The van der Waals surface area contributed by atoms with Crippen molar-refractivity contribution in [2.75, 3.05) is 33.6 Å². The fourth-order valence-corrected chi connectivity index (χ4v) is 3.67. The Morgan fingerprint density at radius 3 is 2.37 bits per heavy atom. The van der Waals surface area contributed by atoms with Crippen molar-refractivity contribution in [1.29, 1.82) is 0 Å². The predicted octanol–water partition coefficient (Wildman–Crippen LogP) is 3.98. The van der Waals surface area contributed by atoms with E-state index in [1.807, 2.05) is 6.07 Å². The van der Waals surface area contributed by atoms with E-state index in [-0.39, 0.29) is 5.91 Å². The molecule has 2 aromatic carbocycles. The van der Waals surface area contributed by atoms with E-state index < -0.39 is 0 Å². The number of carbonyl (C=O) groups excluding carboxylic acids is 1. The van der Waals surface area contributed by atoms with Crippen LogP contribution in [0.5, 0.6) is 17.2 Å². The molecule has 6 nitrogen and oxygen atoms in total. The number of thioether (sulfide) groups is 1.